The van der Waals surface area contributed by atoms with Crippen molar-refractivity contribution >= 4 is 12.0 Å². The summed E-state index contributed by atoms with van der Waals surface area (Å²) >= 11 is 0. The number of aliphatic carboxylic acids is 1. The lowest BCUT2D eigenvalue weighted by Gasteiger charge is -2.20. The molecule has 0 saturated carbocycles. The van der Waals surface area contributed by atoms with Crippen LogP contribution in [0, 0.1) is 0 Å². The highest BCUT2D eigenvalue weighted by Gasteiger charge is 2.18. The third-order valence-electron chi connectivity index (χ3n) is 3.13. The molecule has 4 N–H and O–H groups in total. The maximum absolute atomic E-state index is 11.5. The van der Waals surface area contributed by atoms with Crippen LogP contribution in [-0.4, -0.2) is 65.9 Å². The summed E-state index contributed by atoms with van der Waals surface area (Å²) in [6.45, 7) is 5.43. The molecule has 0 aromatic rings. The van der Waals surface area contributed by atoms with Crippen molar-refractivity contribution in [3.8, 4) is 0 Å². The van der Waals surface area contributed by atoms with Gasteiger partial charge in [-0.15, -0.1) is 0 Å². The second-order valence-corrected chi connectivity index (χ2v) is 5.08. The number of hydrogen-bond acceptors (Lipinski definition) is 4. The number of carbonyl (C=O) groups excluding carboxylic acids is 1. The van der Waals surface area contributed by atoms with Gasteiger partial charge in [0.2, 0.25) is 0 Å². The molecule has 2 amide bonds. The minimum absolute atomic E-state index is 0.00192. The highest BCUT2D eigenvalue weighted by atomic mass is 16.4. The van der Waals surface area contributed by atoms with Gasteiger partial charge in [-0.25, -0.2) is 9.59 Å². The largest absolute Gasteiger partial charge is 0.480 e. The zero-order valence-electron chi connectivity index (χ0n) is 12.6. The monoisotopic (exact) mass is 289 g/mol. The van der Waals surface area contributed by atoms with Crippen molar-refractivity contribution in [1.82, 2.24) is 15.5 Å². The number of amides is 2. The van der Waals surface area contributed by atoms with Gasteiger partial charge in [0.1, 0.15) is 6.04 Å². The van der Waals surface area contributed by atoms with Crippen LogP contribution in [0.5, 0.6) is 0 Å². The van der Waals surface area contributed by atoms with E-state index in [1.165, 1.54) is 0 Å². The Bertz CT molecular complexity index is 297. The number of aliphatic hydroxyl groups is 1. The first-order valence-electron chi connectivity index (χ1n) is 6.96. The standard InChI is InChI=1S/C13H27N3O4/c1-10(2)16(3)8-5-4-7-14-13(20)15-11(6-9-17)12(18)19/h10-11,17H,4-9H2,1-3H3,(H,18,19)(H2,14,15,20)/t11-/m1/s1. The van der Waals surface area contributed by atoms with E-state index in [0.29, 0.717) is 12.6 Å². The molecule has 0 aliphatic rings. The van der Waals surface area contributed by atoms with Gasteiger partial charge in [-0.2, -0.15) is 0 Å². The first-order valence-corrected chi connectivity index (χ1v) is 6.96. The molecule has 0 aromatic carbocycles. The number of carbonyl (C=O) groups is 2. The molecule has 0 aromatic heterocycles. The van der Waals surface area contributed by atoms with E-state index in [9.17, 15) is 9.59 Å². The molecule has 118 valence electrons. The quantitative estimate of drug-likeness (QED) is 0.432. The molecule has 0 saturated heterocycles. The van der Waals surface area contributed by atoms with Gasteiger partial charge < -0.3 is 25.7 Å². The Morgan fingerprint density at radius 1 is 1.25 bits per heavy atom. The van der Waals surface area contributed by atoms with Crippen LogP contribution in [0.25, 0.3) is 0 Å². The fourth-order valence-corrected chi connectivity index (χ4v) is 1.54. The van der Waals surface area contributed by atoms with Crippen molar-refractivity contribution in [1.29, 1.82) is 0 Å². The van der Waals surface area contributed by atoms with Gasteiger partial charge in [0, 0.05) is 25.6 Å². The van der Waals surface area contributed by atoms with Gasteiger partial charge in [0.25, 0.3) is 0 Å². The summed E-state index contributed by atoms with van der Waals surface area (Å²) < 4.78 is 0. The topological polar surface area (TPSA) is 102 Å². The van der Waals surface area contributed by atoms with E-state index in [1.807, 2.05) is 0 Å². The first kappa shape index (κ1) is 18.7. The Hall–Kier alpha value is -1.34. The normalized spacial score (nSPS) is 12.5. The number of carboxylic acids is 1. The molecule has 0 spiro atoms. The Balaban J connectivity index is 3.75. The van der Waals surface area contributed by atoms with Crippen molar-refractivity contribution in [3.05, 3.63) is 0 Å². The average Bonchev–Trinajstić information content (AvgIpc) is 2.37. The van der Waals surface area contributed by atoms with Crippen LogP contribution in [0.3, 0.4) is 0 Å². The predicted octanol–water partition coefficient (Wildman–Crippen LogP) is 0.242. The molecule has 0 radical (unpaired) electrons. The fraction of sp³-hybridized carbons (Fsp3) is 0.846. The minimum Gasteiger partial charge on any atom is -0.480 e. The molecule has 0 unspecified atom stereocenters. The van der Waals surface area contributed by atoms with E-state index in [0.717, 1.165) is 19.4 Å². The van der Waals surface area contributed by atoms with Crippen LogP contribution < -0.4 is 10.6 Å². The molecule has 7 nitrogen and oxygen atoms in total. The molecule has 0 aliphatic heterocycles. The predicted molar refractivity (Wildman–Crippen MR) is 76.7 cm³/mol. The Kier molecular flexibility index (Phi) is 9.75. The van der Waals surface area contributed by atoms with Crippen LogP contribution >= 0.6 is 0 Å². The summed E-state index contributed by atoms with van der Waals surface area (Å²) in [4.78, 5) is 24.5. The third-order valence-corrected chi connectivity index (χ3v) is 3.13. The lowest BCUT2D eigenvalue weighted by atomic mass is 10.2. The maximum Gasteiger partial charge on any atom is 0.326 e. The second kappa shape index (κ2) is 10.4. The van der Waals surface area contributed by atoms with Crippen molar-refractivity contribution in [2.24, 2.45) is 0 Å². The summed E-state index contributed by atoms with van der Waals surface area (Å²) in [5, 5.41) is 22.4. The van der Waals surface area contributed by atoms with E-state index < -0.39 is 18.0 Å². The van der Waals surface area contributed by atoms with Crippen molar-refractivity contribution in [2.75, 3.05) is 26.7 Å². The number of urea groups is 1. The fourth-order valence-electron chi connectivity index (χ4n) is 1.54. The van der Waals surface area contributed by atoms with Gasteiger partial charge in [0.05, 0.1) is 0 Å². The van der Waals surface area contributed by atoms with Crippen molar-refractivity contribution in [3.63, 3.8) is 0 Å². The number of carboxylic acid groups (broad SMARTS) is 1. The SMILES string of the molecule is CC(C)N(C)CCCCNC(=O)N[C@H](CCO)C(=O)O. The van der Waals surface area contributed by atoms with Gasteiger partial charge >= 0.3 is 12.0 Å². The smallest absolute Gasteiger partial charge is 0.326 e. The maximum atomic E-state index is 11.5. The number of nitrogens with one attached hydrogen (secondary N) is 2. The molecule has 0 bridgehead atoms. The molecule has 1 atom stereocenters. The lowest BCUT2D eigenvalue weighted by Crippen LogP contribution is -2.46. The number of unbranched alkanes of at least 4 members (excludes halogenated alkanes) is 1. The van der Waals surface area contributed by atoms with E-state index in [4.69, 9.17) is 10.2 Å². The number of hydrogen-bond donors (Lipinski definition) is 4. The zero-order valence-corrected chi connectivity index (χ0v) is 12.6. The van der Waals surface area contributed by atoms with E-state index in [2.05, 4.69) is 36.4 Å². The van der Waals surface area contributed by atoms with Crippen LogP contribution in [0.2, 0.25) is 0 Å². The molecule has 0 rings (SSSR count). The van der Waals surface area contributed by atoms with Crippen LogP contribution in [-0.2, 0) is 4.79 Å². The average molecular weight is 289 g/mol. The van der Waals surface area contributed by atoms with E-state index in [1.54, 1.807) is 0 Å². The van der Waals surface area contributed by atoms with Crippen LogP contribution in [0.1, 0.15) is 33.1 Å². The molecular weight excluding hydrogens is 262 g/mol. The summed E-state index contributed by atoms with van der Waals surface area (Å²) in [5.41, 5.74) is 0. The van der Waals surface area contributed by atoms with Gasteiger partial charge in [-0.3, -0.25) is 0 Å². The summed E-state index contributed by atoms with van der Waals surface area (Å²) in [6, 6.07) is -1.06. The van der Waals surface area contributed by atoms with E-state index >= 15 is 0 Å². The molecule has 0 aliphatic carbocycles. The second-order valence-electron chi connectivity index (χ2n) is 5.08. The van der Waals surface area contributed by atoms with Gasteiger partial charge in [-0.1, -0.05) is 0 Å². The highest BCUT2D eigenvalue weighted by Crippen LogP contribution is 1.97. The molecule has 0 heterocycles. The van der Waals surface area contributed by atoms with Crippen LogP contribution in [0.15, 0.2) is 0 Å². The summed E-state index contributed by atoms with van der Waals surface area (Å²) in [5.74, 6) is -1.15. The lowest BCUT2D eigenvalue weighted by molar-refractivity contribution is -0.139. The molecule has 0 fully saturated rings. The molecule has 20 heavy (non-hydrogen) atoms. The number of aliphatic hydroxyl groups excluding tert-OH is 1. The Morgan fingerprint density at radius 3 is 2.40 bits per heavy atom. The van der Waals surface area contributed by atoms with Crippen molar-refractivity contribution in [2.45, 2.75) is 45.2 Å². The number of nitrogens with zero attached hydrogens (tertiary/aromatic N) is 1. The van der Waals surface area contributed by atoms with Gasteiger partial charge in [0.15, 0.2) is 0 Å². The number of rotatable bonds is 10. The molecular formula is C13H27N3O4. The third kappa shape index (κ3) is 8.71. The Morgan fingerprint density at radius 2 is 1.90 bits per heavy atom. The van der Waals surface area contributed by atoms with Gasteiger partial charge in [-0.05, 0) is 40.3 Å². The zero-order chi connectivity index (χ0) is 15.5. The van der Waals surface area contributed by atoms with Crippen molar-refractivity contribution < 1.29 is 19.8 Å². The Labute approximate surface area is 120 Å². The summed E-state index contributed by atoms with van der Waals surface area (Å²) in [6.07, 6.45) is 1.80. The van der Waals surface area contributed by atoms with E-state index in [-0.39, 0.29) is 13.0 Å². The summed E-state index contributed by atoms with van der Waals surface area (Å²) in [7, 11) is 2.05. The van der Waals surface area contributed by atoms with Crippen LogP contribution in [0.4, 0.5) is 4.79 Å². The first-order chi connectivity index (χ1) is 9.38. The minimum atomic E-state index is -1.15. The highest BCUT2D eigenvalue weighted by molar-refractivity contribution is 5.82. The molecule has 7 heteroatoms.